The summed E-state index contributed by atoms with van der Waals surface area (Å²) < 4.78 is 5.04. The average Bonchev–Trinajstić information content (AvgIpc) is 2.07. The van der Waals surface area contributed by atoms with E-state index >= 15 is 0 Å². The lowest BCUT2D eigenvalue weighted by Crippen LogP contribution is -2.52. The molecule has 5 heteroatoms. The molecule has 2 N–H and O–H groups in total. The lowest BCUT2D eigenvalue weighted by Gasteiger charge is -2.28. The normalized spacial score (nSPS) is 23.4. The fourth-order valence-corrected chi connectivity index (χ4v) is 1.29. The van der Waals surface area contributed by atoms with Crippen LogP contribution in [0.15, 0.2) is 0 Å². The Hall–Kier alpha value is -0.545. The molecule has 0 aromatic heterocycles. The van der Waals surface area contributed by atoms with Gasteiger partial charge in [-0.05, 0) is 12.8 Å². The molecule has 0 aromatic carbocycles. The standard InChI is InChI=1S/C9H18BNO3/c1-9(2,3)8(12)11-7-5-4-6-14-10(7)13/h7,13H,4-6H2,1-3H3,(H,11,12). The Morgan fingerprint density at radius 2 is 2.21 bits per heavy atom. The van der Waals surface area contributed by atoms with Crippen LogP contribution in [0.1, 0.15) is 33.6 Å². The van der Waals surface area contributed by atoms with E-state index in [0.717, 1.165) is 12.8 Å². The molecular formula is C9H18BNO3. The van der Waals surface area contributed by atoms with Crippen molar-refractivity contribution >= 4 is 13.0 Å². The zero-order chi connectivity index (χ0) is 10.8. The molecule has 1 aliphatic rings. The van der Waals surface area contributed by atoms with Crippen LogP contribution in [0.25, 0.3) is 0 Å². The molecule has 1 atom stereocenters. The molecule has 14 heavy (non-hydrogen) atoms. The van der Waals surface area contributed by atoms with Crippen molar-refractivity contribution in [1.29, 1.82) is 0 Å². The molecule has 1 fully saturated rings. The van der Waals surface area contributed by atoms with Gasteiger partial charge in [-0.25, -0.2) is 0 Å². The quantitative estimate of drug-likeness (QED) is 0.599. The molecule has 1 unspecified atom stereocenters. The number of nitrogens with one attached hydrogen (secondary N) is 1. The SMILES string of the molecule is CC(C)(C)C(=O)NC1CCCOB1O. The van der Waals surface area contributed by atoms with Crippen molar-refractivity contribution in [3.05, 3.63) is 0 Å². The molecule has 0 radical (unpaired) electrons. The van der Waals surface area contributed by atoms with Gasteiger partial charge in [0.05, 0.1) is 5.94 Å². The van der Waals surface area contributed by atoms with Crippen molar-refractivity contribution in [2.24, 2.45) is 5.41 Å². The van der Waals surface area contributed by atoms with Gasteiger partial charge in [-0.1, -0.05) is 20.8 Å². The van der Waals surface area contributed by atoms with Crippen molar-refractivity contribution in [3.8, 4) is 0 Å². The van der Waals surface area contributed by atoms with Crippen LogP contribution in [0, 0.1) is 5.41 Å². The fraction of sp³-hybridized carbons (Fsp3) is 0.889. The van der Waals surface area contributed by atoms with E-state index in [4.69, 9.17) is 4.65 Å². The van der Waals surface area contributed by atoms with E-state index in [1.165, 1.54) is 0 Å². The zero-order valence-electron chi connectivity index (χ0n) is 9.04. The first kappa shape index (κ1) is 11.5. The molecule has 1 amide bonds. The summed E-state index contributed by atoms with van der Waals surface area (Å²) in [7, 11) is -0.852. The highest BCUT2D eigenvalue weighted by Crippen LogP contribution is 2.15. The minimum absolute atomic E-state index is 0.0490. The van der Waals surface area contributed by atoms with Crippen LogP contribution in [0.2, 0.25) is 0 Å². The largest absolute Gasteiger partial charge is 0.478 e. The van der Waals surface area contributed by atoms with Crippen LogP contribution in [0.4, 0.5) is 0 Å². The van der Waals surface area contributed by atoms with Crippen LogP contribution in [0.3, 0.4) is 0 Å². The fourth-order valence-electron chi connectivity index (χ4n) is 1.29. The lowest BCUT2D eigenvalue weighted by atomic mass is 9.73. The maximum Gasteiger partial charge on any atom is 0.478 e. The maximum atomic E-state index is 11.6. The third-order valence-corrected chi connectivity index (χ3v) is 2.29. The van der Waals surface area contributed by atoms with E-state index in [2.05, 4.69) is 5.32 Å². The number of amides is 1. The molecule has 1 rings (SSSR count). The summed E-state index contributed by atoms with van der Waals surface area (Å²) in [5.41, 5.74) is -0.419. The van der Waals surface area contributed by atoms with Crippen molar-refractivity contribution in [1.82, 2.24) is 5.32 Å². The van der Waals surface area contributed by atoms with E-state index in [9.17, 15) is 9.82 Å². The van der Waals surface area contributed by atoms with Gasteiger partial charge in [0.1, 0.15) is 0 Å². The summed E-state index contributed by atoms with van der Waals surface area (Å²) in [5.74, 6) is -0.303. The smallest absolute Gasteiger partial charge is 0.426 e. The molecule has 4 nitrogen and oxygen atoms in total. The average molecular weight is 199 g/mol. The van der Waals surface area contributed by atoms with Crippen LogP contribution in [-0.2, 0) is 9.45 Å². The van der Waals surface area contributed by atoms with Crippen LogP contribution < -0.4 is 5.32 Å². The summed E-state index contributed by atoms with van der Waals surface area (Å²) in [6.45, 7) is 6.11. The van der Waals surface area contributed by atoms with E-state index in [-0.39, 0.29) is 11.8 Å². The Balaban J connectivity index is 2.46. The van der Waals surface area contributed by atoms with Gasteiger partial charge in [-0.2, -0.15) is 0 Å². The second-order valence-electron chi connectivity index (χ2n) is 4.73. The van der Waals surface area contributed by atoms with Gasteiger partial charge in [0.2, 0.25) is 5.91 Å². The monoisotopic (exact) mass is 199 g/mol. The number of hydrogen-bond donors (Lipinski definition) is 2. The van der Waals surface area contributed by atoms with Gasteiger partial charge in [0.15, 0.2) is 0 Å². The van der Waals surface area contributed by atoms with Gasteiger partial charge in [0, 0.05) is 12.0 Å². The van der Waals surface area contributed by atoms with Gasteiger partial charge in [-0.15, -0.1) is 0 Å². The first-order valence-corrected chi connectivity index (χ1v) is 5.02. The number of carbonyl (C=O) groups is 1. The maximum absolute atomic E-state index is 11.6. The summed E-state index contributed by atoms with van der Waals surface area (Å²) in [6, 6.07) is 0. The highest BCUT2D eigenvalue weighted by atomic mass is 16.5. The van der Waals surface area contributed by atoms with Crippen molar-refractivity contribution in [3.63, 3.8) is 0 Å². The van der Waals surface area contributed by atoms with Crippen molar-refractivity contribution in [2.45, 2.75) is 39.6 Å². The van der Waals surface area contributed by atoms with Gasteiger partial charge in [0.25, 0.3) is 0 Å². The Morgan fingerprint density at radius 3 is 2.71 bits per heavy atom. The van der Waals surface area contributed by atoms with Gasteiger partial charge >= 0.3 is 7.12 Å². The molecule has 0 aromatic rings. The molecule has 0 spiro atoms. The van der Waals surface area contributed by atoms with Gasteiger partial charge in [-0.3, -0.25) is 4.79 Å². The van der Waals surface area contributed by atoms with Crippen LogP contribution in [-0.4, -0.2) is 30.6 Å². The Morgan fingerprint density at radius 1 is 1.57 bits per heavy atom. The molecule has 1 saturated heterocycles. The Bertz CT molecular complexity index is 215. The predicted octanol–water partition coefficient (Wildman–Crippen LogP) is 0.347. The van der Waals surface area contributed by atoms with Gasteiger partial charge < -0.3 is 15.0 Å². The summed E-state index contributed by atoms with van der Waals surface area (Å²) >= 11 is 0. The van der Waals surface area contributed by atoms with Crippen molar-refractivity contribution < 1.29 is 14.5 Å². The zero-order valence-corrected chi connectivity index (χ0v) is 9.04. The first-order chi connectivity index (χ1) is 6.41. The Kier molecular flexibility index (Phi) is 3.56. The topological polar surface area (TPSA) is 58.6 Å². The second kappa shape index (κ2) is 4.32. The molecule has 80 valence electrons. The lowest BCUT2D eigenvalue weighted by molar-refractivity contribution is -0.129. The number of hydrogen-bond acceptors (Lipinski definition) is 3. The van der Waals surface area contributed by atoms with Crippen molar-refractivity contribution in [2.75, 3.05) is 6.61 Å². The minimum atomic E-state index is -0.852. The number of rotatable bonds is 1. The molecular weight excluding hydrogens is 181 g/mol. The first-order valence-electron chi connectivity index (χ1n) is 5.02. The number of carbonyl (C=O) groups excluding carboxylic acids is 1. The van der Waals surface area contributed by atoms with Crippen LogP contribution >= 0.6 is 0 Å². The molecule has 1 heterocycles. The second-order valence-corrected chi connectivity index (χ2v) is 4.73. The summed E-state index contributed by atoms with van der Waals surface area (Å²) in [4.78, 5) is 11.6. The molecule has 1 aliphatic heterocycles. The van der Waals surface area contributed by atoms with E-state index in [1.807, 2.05) is 20.8 Å². The Labute approximate surface area is 85.2 Å². The predicted molar refractivity (Wildman–Crippen MR) is 54.5 cm³/mol. The molecule has 0 saturated carbocycles. The van der Waals surface area contributed by atoms with E-state index < -0.39 is 12.5 Å². The highest BCUT2D eigenvalue weighted by molar-refractivity contribution is 6.45. The highest BCUT2D eigenvalue weighted by Gasteiger charge is 2.33. The van der Waals surface area contributed by atoms with E-state index in [1.54, 1.807) is 0 Å². The molecule has 0 bridgehead atoms. The third kappa shape index (κ3) is 2.99. The third-order valence-electron chi connectivity index (χ3n) is 2.29. The van der Waals surface area contributed by atoms with Crippen LogP contribution in [0.5, 0.6) is 0 Å². The summed E-state index contributed by atoms with van der Waals surface area (Å²) in [6.07, 6.45) is 1.66. The summed E-state index contributed by atoms with van der Waals surface area (Å²) in [5, 5.41) is 12.2. The minimum Gasteiger partial charge on any atom is -0.426 e. The molecule has 0 aliphatic carbocycles. The van der Waals surface area contributed by atoms with E-state index in [0.29, 0.717) is 6.61 Å².